The second-order valence-electron chi connectivity index (χ2n) is 2.92. The first-order valence-corrected chi connectivity index (χ1v) is 6.50. The van der Waals surface area contributed by atoms with E-state index in [9.17, 15) is 0 Å². The first-order valence-electron chi connectivity index (χ1n) is 6.50. The summed E-state index contributed by atoms with van der Waals surface area (Å²) in [6.07, 6.45) is 2.36. The van der Waals surface area contributed by atoms with E-state index in [1.54, 1.807) is 0 Å². The van der Waals surface area contributed by atoms with Gasteiger partial charge in [-0.2, -0.15) is 0 Å². The number of hydrogen-bond donors (Lipinski definition) is 0. The van der Waals surface area contributed by atoms with Crippen molar-refractivity contribution in [1.82, 2.24) is 20.4 Å². The minimum absolute atomic E-state index is 0.565. The molecule has 4 heteroatoms. The third-order valence-electron chi connectivity index (χ3n) is 2.03. The van der Waals surface area contributed by atoms with Crippen molar-refractivity contribution in [2.45, 2.75) is 41.0 Å². The van der Waals surface area contributed by atoms with E-state index in [4.69, 9.17) is 0 Å². The van der Waals surface area contributed by atoms with Crippen LogP contribution >= 0.6 is 0 Å². The van der Waals surface area contributed by atoms with Crippen molar-refractivity contribution >= 4 is 0 Å². The van der Waals surface area contributed by atoms with Crippen LogP contribution in [-0.4, -0.2) is 20.4 Å². The van der Waals surface area contributed by atoms with Crippen molar-refractivity contribution in [3.8, 4) is 11.4 Å². The zero-order valence-electron chi connectivity index (χ0n) is 11.9. The highest BCUT2D eigenvalue weighted by molar-refractivity contribution is 5.53. The zero-order valence-corrected chi connectivity index (χ0v) is 11.9. The van der Waals surface area contributed by atoms with E-state index in [2.05, 4.69) is 39.5 Å². The summed E-state index contributed by atoms with van der Waals surface area (Å²) in [6, 6.07) is 8.09. The summed E-state index contributed by atoms with van der Waals surface area (Å²) in [6.45, 7) is 10.1. The SMILES string of the molecule is CC.CC.CCc1ccc(-c2nncnn2)cc1. The molecular formula is C14H22N4. The average Bonchev–Trinajstić information content (AvgIpc) is 2.52. The van der Waals surface area contributed by atoms with Gasteiger partial charge in [-0.1, -0.05) is 58.9 Å². The molecule has 0 N–H and O–H groups in total. The van der Waals surface area contributed by atoms with Crippen LogP contribution in [0.4, 0.5) is 0 Å². The molecule has 4 nitrogen and oxygen atoms in total. The highest BCUT2D eigenvalue weighted by Gasteiger charge is 2.00. The van der Waals surface area contributed by atoms with E-state index < -0.39 is 0 Å². The molecule has 0 bridgehead atoms. The van der Waals surface area contributed by atoms with Gasteiger partial charge < -0.3 is 0 Å². The standard InChI is InChI=1S/C10H10N4.2C2H6/c1-2-8-3-5-9(6-4-8)10-13-11-7-12-14-10;2*1-2/h3-7H,2H2,1H3;2*1-2H3. The predicted octanol–water partition coefficient (Wildman–Crippen LogP) is 3.55. The lowest BCUT2D eigenvalue weighted by molar-refractivity contribution is 0.864. The van der Waals surface area contributed by atoms with Crippen molar-refractivity contribution in [3.63, 3.8) is 0 Å². The van der Waals surface area contributed by atoms with Crippen LogP contribution in [0.15, 0.2) is 30.6 Å². The molecule has 18 heavy (non-hydrogen) atoms. The third-order valence-corrected chi connectivity index (χ3v) is 2.03. The van der Waals surface area contributed by atoms with Gasteiger partial charge in [0.25, 0.3) is 0 Å². The van der Waals surface area contributed by atoms with Crippen LogP contribution < -0.4 is 0 Å². The summed E-state index contributed by atoms with van der Waals surface area (Å²) < 4.78 is 0. The van der Waals surface area contributed by atoms with Gasteiger partial charge in [0.2, 0.25) is 5.82 Å². The first-order chi connectivity index (χ1) is 8.90. The fourth-order valence-electron chi connectivity index (χ4n) is 1.21. The monoisotopic (exact) mass is 246 g/mol. The van der Waals surface area contributed by atoms with E-state index in [1.807, 2.05) is 39.8 Å². The molecule has 0 saturated heterocycles. The lowest BCUT2D eigenvalue weighted by atomic mass is 10.1. The molecule has 0 atom stereocenters. The molecule has 1 aromatic carbocycles. The van der Waals surface area contributed by atoms with Crippen molar-refractivity contribution < 1.29 is 0 Å². The molecule has 0 unspecified atom stereocenters. The van der Waals surface area contributed by atoms with Crippen LogP contribution in [0.25, 0.3) is 11.4 Å². The van der Waals surface area contributed by atoms with Gasteiger partial charge in [-0.25, -0.2) is 0 Å². The maximum absolute atomic E-state index is 3.88. The molecule has 0 spiro atoms. The van der Waals surface area contributed by atoms with Crippen molar-refractivity contribution in [1.29, 1.82) is 0 Å². The first kappa shape index (κ1) is 16.2. The highest BCUT2D eigenvalue weighted by atomic mass is 15.3. The van der Waals surface area contributed by atoms with Gasteiger partial charge in [0.15, 0.2) is 6.33 Å². The van der Waals surface area contributed by atoms with Gasteiger partial charge in [0.05, 0.1) is 0 Å². The Morgan fingerprint density at radius 1 is 0.833 bits per heavy atom. The Morgan fingerprint density at radius 2 is 1.33 bits per heavy atom. The fourth-order valence-corrected chi connectivity index (χ4v) is 1.21. The number of rotatable bonds is 2. The molecular weight excluding hydrogens is 224 g/mol. The molecule has 98 valence electrons. The van der Waals surface area contributed by atoms with Crippen LogP contribution in [-0.2, 0) is 6.42 Å². The minimum Gasteiger partial charge on any atom is -0.135 e. The van der Waals surface area contributed by atoms with Crippen LogP contribution in [0.2, 0.25) is 0 Å². The largest absolute Gasteiger partial charge is 0.203 e. The Kier molecular flexibility index (Phi) is 9.27. The van der Waals surface area contributed by atoms with E-state index in [0.717, 1.165) is 12.0 Å². The van der Waals surface area contributed by atoms with E-state index in [0.29, 0.717) is 5.82 Å². The quantitative estimate of drug-likeness (QED) is 0.813. The zero-order chi connectivity index (χ0) is 13.8. The van der Waals surface area contributed by atoms with Gasteiger partial charge in [0, 0.05) is 5.56 Å². The second kappa shape index (κ2) is 10.3. The Hall–Kier alpha value is -1.84. The normalized spacial score (nSPS) is 8.50. The maximum Gasteiger partial charge on any atom is 0.203 e. The van der Waals surface area contributed by atoms with Gasteiger partial charge >= 0.3 is 0 Å². The summed E-state index contributed by atoms with van der Waals surface area (Å²) in [4.78, 5) is 0. The Labute approximate surface area is 110 Å². The molecule has 2 rings (SSSR count). The molecule has 0 amide bonds. The van der Waals surface area contributed by atoms with E-state index in [-0.39, 0.29) is 0 Å². The lowest BCUT2D eigenvalue weighted by Gasteiger charge is -1.98. The average molecular weight is 246 g/mol. The van der Waals surface area contributed by atoms with Gasteiger partial charge in [-0.15, -0.1) is 20.4 Å². The van der Waals surface area contributed by atoms with Crippen molar-refractivity contribution in [3.05, 3.63) is 36.2 Å². The van der Waals surface area contributed by atoms with Crippen LogP contribution in [0.5, 0.6) is 0 Å². The number of aryl methyl sites for hydroxylation is 1. The molecule has 0 aliphatic rings. The topological polar surface area (TPSA) is 51.6 Å². The molecule has 0 saturated carbocycles. The van der Waals surface area contributed by atoms with Crippen LogP contribution in [0, 0.1) is 0 Å². The van der Waals surface area contributed by atoms with E-state index >= 15 is 0 Å². The Bertz CT molecular complexity index is 398. The number of hydrogen-bond acceptors (Lipinski definition) is 4. The Balaban J connectivity index is 0.000000659. The summed E-state index contributed by atoms with van der Waals surface area (Å²) >= 11 is 0. The number of benzene rings is 1. The highest BCUT2D eigenvalue weighted by Crippen LogP contribution is 2.13. The van der Waals surface area contributed by atoms with Crippen LogP contribution in [0.3, 0.4) is 0 Å². The molecule has 0 aliphatic heterocycles. The fraction of sp³-hybridized carbons (Fsp3) is 0.429. The second-order valence-corrected chi connectivity index (χ2v) is 2.92. The summed E-state index contributed by atoms with van der Waals surface area (Å²) in [5.74, 6) is 0.565. The molecule has 2 aromatic rings. The van der Waals surface area contributed by atoms with Crippen LogP contribution in [0.1, 0.15) is 40.2 Å². The Morgan fingerprint density at radius 3 is 1.78 bits per heavy atom. The third kappa shape index (κ3) is 4.99. The number of aromatic nitrogens is 4. The minimum atomic E-state index is 0.565. The van der Waals surface area contributed by atoms with Gasteiger partial charge in [-0.05, 0) is 12.0 Å². The van der Waals surface area contributed by atoms with Gasteiger partial charge in [-0.3, -0.25) is 0 Å². The summed E-state index contributed by atoms with van der Waals surface area (Å²) in [5, 5.41) is 15.1. The summed E-state index contributed by atoms with van der Waals surface area (Å²) in [7, 11) is 0. The molecule has 0 radical (unpaired) electrons. The molecule has 0 aliphatic carbocycles. The lowest BCUT2D eigenvalue weighted by Crippen LogP contribution is -1.93. The molecule has 1 aromatic heterocycles. The number of nitrogens with zero attached hydrogens (tertiary/aromatic N) is 4. The smallest absolute Gasteiger partial charge is 0.135 e. The maximum atomic E-state index is 3.88. The van der Waals surface area contributed by atoms with Gasteiger partial charge in [0.1, 0.15) is 0 Å². The molecule has 0 fully saturated rings. The van der Waals surface area contributed by atoms with Crippen molar-refractivity contribution in [2.24, 2.45) is 0 Å². The summed E-state index contributed by atoms with van der Waals surface area (Å²) in [5.41, 5.74) is 2.24. The predicted molar refractivity (Wildman–Crippen MR) is 75.1 cm³/mol. The van der Waals surface area contributed by atoms with Crippen molar-refractivity contribution in [2.75, 3.05) is 0 Å². The van der Waals surface area contributed by atoms with E-state index in [1.165, 1.54) is 11.9 Å². The molecule has 1 heterocycles.